The Morgan fingerprint density at radius 3 is 2.61 bits per heavy atom. The molecule has 5 nitrogen and oxygen atoms in total. The number of halogens is 2. The smallest absolute Gasteiger partial charge is 0.224 e. The van der Waals surface area contributed by atoms with Gasteiger partial charge in [0.2, 0.25) is 5.95 Å². The number of benzene rings is 2. The summed E-state index contributed by atoms with van der Waals surface area (Å²) in [5, 5.41) is 2.92. The van der Waals surface area contributed by atoms with Gasteiger partial charge < -0.3 is 15.0 Å². The Kier molecular flexibility index (Phi) is 5.43. The van der Waals surface area contributed by atoms with Crippen molar-refractivity contribution in [1.29, 1.82) is 0 Å². The summed E-state index contributed by atoms with van der Waals surface area (Å²) in [6.07, 6.45) is 1.64. The maximum Gasteiger partial charge on any atom is 0.224 e. The molecule has 7 heteroatoms. The molecule has 0 aliphatic carbocycles. The number of hydrogen-bond donors (Lipinski definition) is 1. The number of anilines is 2. The SMILES string of the molecule is Fc1cccc(F)c1CNc1nccc(N2CCOC[C@H]2c2ccccc2)n1. The molecule has 1 N–H and O–H groups in total. The fourth-order valence-electron chi connectivity index (χ4n) is 3.29. The van der Waals surface area contributed by atoms with Crippen molar-refractivity contribution in [3.63, 3.8) is 0 Å². The van der Waals surface area contributed by atoms with Crippen molar-refractivity contribution in [2.24, 2.45) is 0 Å². The average molecular weight is 382 g/mol. The van der Waals surface area contributed by atoms with Crippen LogP contribution in [-0.2, 0) is 11.3 Å². The van der Waals surface area contributed by atoms with Crippen LogP contribution in [0.2, 0.25) is 0 Å². The Bertz CT molecular complexity index is 918. The molecule has 4 rings (SSSR count). The predicted molar refractivity (Wildman–Crippen MR) is 103 cm³/mol. The normalized spacial score (nSPS) is 16.8. The molecule has 1 aromatic heterocycles. The average Bonchev–Trinajstić information content (AvgIpc) is 2.74. The summed E-state index contributed by atoms with van der Waals surface area (Å²) in [4.78, 5) is 10.9. The maximum atomic E-state index is 13.8. The fourth-order valence-corrected chi connectivity index (χ4v) is 3.29. The molecule has 2 heterocycles. The fraction of sp³-hybridized carbons (Fsp3) is 0.238. The highest BCUT2D eigenvalue weighted by Gasteiger charge is 2.26. The molecular formula is C21H20F2N4O. The van der Waals surface area contributed by atoms with Gasteiger partial charge in [0, 0.05) is 24.8 Å². The third kappa shape index (κ3) is 3.94. The second kappa shape index (κ2) is 8.31. The van der Waals surface area contributed by atoms with Gasteiger partial charge in [0.15, 0.2) is 0 Å². The van der Waals surface area contributed by atoms with Gasteiger partial charge in [-0.05, 0) is 23.8 Å². The first-order valence-corrected chi connectivity index (χ1v) is 9.11. The Labute approximate surface area is 162 Å². The molecule has 0 radical (unpaired) electrons. The van der Waals surface area contributed by atoms with Crippen LogP contribution >= 0.6 is 0 Å². The van der Waals surface area contributed by atoms with Crippen LogP contribution in [0.4, 0.5) is 20.5 Å². The maximum absolute atomic E-state index is 13.8. The molecular weight excluding hydrogens is 362 g/mol. The summed E-state index contributed by atoms with van der Waals surface area (Å²) in [5.74, 6) is -0.135. The molecule has 1 atom stereocenters. The van der Waals surface area contributed by atoms with E-state index in [1.54, 1.807) is 6.20 Å². The van der Waals surface area contributed by atoms with Crippen molar-refractivity contribution in [2.45, 2.75) is 12.6 Å². The van der Waals surface area contributed by atoms with E-state index >= 15 is 0 Å². The standard InChI is InChI=1S/C21H20F2N4O/c22-17-7-4-8-18(23)16(17)13-25-21-24-10-9-20(26-21)27-11-12-28-14-19(27)15-5-2-1-3-6-15/h1-10,19H,11-14H2,(H,24,25,26)/t19-/m0/s1. The molecule has 0 saturated carbocycles. The number of hydrogen-bond acceptors (Lipinski definition) is 5. The second-order valence-electron chi connectivity index (χ2n) is 6.49. The Hall–Kier alpha value is -3.06. The largest absolute Gasteiger partial charge is 0.377 e. The van der Waals surface area contributed by atoms with Gasteiger partial charge in [0.25, 0.3) is 0 Å². The number of ether oxygens (including phenoxy) is 1. The summed E-state index contributed by atoms with van der Waals surface area (Å²) in [6, 6.07) is 15.8. The summed E-state index contributed by atoms with van der Waals surface area (Å²) in [6.45, 7) is 1.83. The lowest BCUT2D eigenvalue weighted by Crippen LogP contribution is -2.40. The molecule has 0 bridgehead atoms. The van der Waals surface area contributed by atoms with E-state index in [9.17, 15) is 8.78 Å². The molecule has 1 aliphatic heterocycles. The Morgan fingerprint density at radius 2 is 1.82 bits per heavy atom. The summed E-state index contributed by atoms with van der Waals surface area (Å²) < 4.78 is 33.3. The number of nitrogens with zero attached hydrogens (tertiary/aromatic N) is 3. The minimum absolute atomic E-state index is 0.0345. The van der Waals surface area contributed by atoms with Crippen molar-refractivity contribution < 1.29 is 13.5 Å². The van der Waals surface area contributed by atoms with Crippen molar-refractivity contribution >= 4 is 11.8 Å². The van der Waals surface area contributed by atoms with Crippen LogP contribution < -0.4 is 10.2 Å². The molecule has 2 aromatic carbocycles. The monoisotopic (exact) mass is 382 g/mol. The number of nitrogens with one attached hydrogen (secondary N) is 1. The van der Waals surface area contributed by atoms with Crippen molar-refractivity contribution in [3.05, 3.63) is 83.6 Å². The Balaban J connectivity index is 1.54. The van der Waals surface area contributed by atoms with Gasteiger partial charge >= 0.3 is 0 Å². The zero-order valence-electron chi connectivity index (χ0n) is 15.2. The minimum atomic E-state index is -0.596. The molecule has 144 valence electrons. The lowest BCUT2D eigenvalue weighted by Gasteiger charge is -2.36. The molecule has 0 amide bonds. The topological polar surface area (TPSA) is 50.3 Å². The predicted octanol–water partition coefficient (Wildman–Crippen LogP) is 3.94. The number of aromatic nitrogens is 2. The molecule has 28 heavy (non-hydrogen) atoms. The highest BCUT2D eigenvalue weighted by molar-refractivity contribution is 5.46. The van der Waals surface area contributed by atoms with E-state index in [1.807, 2.05) is 24.3 Å². The molecule has 1 aliphatic rings. The quantitative estimate of drug-likeness (QED) is 0.724. The molecule has 0 spiro atoms. The lowest BCUT2D eigenvalue weighted by atomic mass is 10.1. The minimum Gasteiger partial charge on any atom is -0.377 e. The lowest BCUT2D eigenvalue weighted by molar-refractivity contribution is 0.0937. The van der Waals surface area contributed by atoms with Crippen molar-refractivity contribution in [2.75, 3.05) is 30.0 Å². The molecule has 1 fully saturated rings. The van der Waals surface area contributed by atoms with E-state index in [0.717, 1.165) is 11.4 Å². The second-order valence-corrected chi connectivity index (χ2v) is 6.49. The first kappa shape index (κ1) is 18.3. The highest BCUT2D eigenvalue weighted by atomic mass is 19.1. The zero-order chi connectivity index (χ0) is 19.3. The van der Waals surface area contributed by atoms with Gasteiger partial charge in [-0.25, -0.2) is 13.8 Å². The summed E-state index contributed by atoms with van der Waals surface area (Å²) in [5.41, 5.74) is 1.11. The van der Waals surface area contributed by atoms with Gasteiger partial charge in [-0.2, -0.15) is 4.98 Å². The van der Waals surface area contributed by atoms with Crippen LogP contribution in [0.25, 0.3) is 0 Å². The van der Waals surface area contributed by atoms with Gasteiger partial charge in [0.05, 0.1) is 19.3 Å². The van der Waals surface area contributed by atoms with Gasteiger partial charge in [0.1, 0.15) is 17.5 Å². The van der Waals surface area contributed by atoms with E-state index in [1.165, 1.54) is 18.2 Å². The van der Waals surface area contributed by atoms with Crippen LogP contribution in [0.5, 0.6) is 0 Å². The molecule has 0 unspecified atom stereocenters. The first-order valence-electron chi connectivity index (χ1n) is 9.11. The van der Waals surface area contributed by atoms with Gasteiger partial charge in [-0.1, -0.05) is 36.4 Å². The van der Waals surface area contributed by atoms with Crippen LogP contribution in [0.3, 0.4) is 0 Å². The molecule has 3 aromatic rings. The summed E-state index contributed by atoms with van der Waals surface area (Å²) >= 11 is 0. The van der Waals surface area contributed by atoms with Crippen LogP contribution in [0.15, 0.2) is 60.8 Å². The van der Waals surface area contributed by atoms with Crippen LogP contribution in [0.1, 0.15) is 17.2 Å². The zero-order valence-corrected chi connectivity index (χ0v) is 15.2. The van der Waals surface area contributed by atoms with Gasteiger partial charge in [-0.15, -0.1) is 0 Å². The highest BCUT2D eigenvalue weighted by Crippen LogP contribution is 2.28. The third-order valence-electron chi connectivity index (χ3n) is 4.73. The van der Waals surface area contributed by atoms with E-state index in [4.69, 9.17) is 4.74 Å². The summed E-state index contributed by atoms with van der Waals surface area (Å²) in [7, 11) is 0. The third-order valence-corrected chi connectivity index (χ3v) is 4.73. The van der Waals surface area contributed by atoms with Crippen molar-refractivity contribution in [3.8, 4) is 0 Å². The van der Waals surface area contributed by atoms with E-state index in [2.05, 4.69) is 32.3 Å². The number of rotatable bonds is 5. The van der Waals surface area contributed by atoms with E-state index < -0.39 is 11.6 Å². The van der Waals surface area contributed by atoms with E-state index in [-0.39, 0.29) is 18.2 Å². The molecule has 1 saturated heterocycles. The van der Waals surface area contributed by atoms with Crippen LogP contribution in [0, 0.1) is 11.6 Å². The van der Waals surface area contributed by atoms with Crippen molar-refractivity contribution in [1.82, 2.24) is 9.97 Å². The number of morpholine rings is 1. The van der Waals surface area contributed by atoms with E-state index in [0.29, 0.717) is 25.7 Å². The Morgan fingerprint density at radius 1 is 1.04 bits per heavy atom. The first-order chi connectivity index (χ1) is 13.7. The van der Waals surface area contributed by atoms with Crippen LogP contribution in [-0.4, -0.2) is 29.7 Å². The van der Waals surface area contributed by atoms with Gasteiger partial charge in [-0.3, -0.25) is 0 Å².